The Bertz CT molecular complexity index is 1750. The first-order valence-electron chi connectivity index (χ1n) is 14.8. The van der Waals surface area contributed by atoms with Crippen molar-refractivity contribution in [2.45, 2.75) is 87.8 Å². The zero-order valence-electron chi connectivity index (χ0n) is 25.8. The number of likely N-dealkylation sites (N-methyl/N-ethyl adjacent to an activating group) is 1. The molecule has 0 atom stereocenters. The molecule has 2 heterocycles. The molecule has 43 heavy (non-hydrogen) atoms. The summed E-state index contributed by atoms with van der Waals surface area (Å²) in [5.74, 6) is 0. The van der Waals surface area contributed by atoms with Crippen molar-refractivity contribution < 1.29 is 30.5 Å². The van der Waals surface area contributed by atoms with Crippen molar-refractivity contribution in [2.24, 2.45) is 0 Å². The summed E-state index contributed by atoms with van der Waals surface area (Å²) in [4.78, 5) is 1.93. The van der Waals surface area contributed by atoms with Gasteiger partial charge in [0.15, 0.2) is 5.71 Å². The fraction of sp³-hybridized carbons (Fsp3) is 0.424. The van der Waals surface area contributed by atoms with Crippen LogP contribution in [0, 0.1) is 0 Å². The van der Waals surface area contributed by atoms with Crippen LogP contribution in [-0.4, -0.2) is 49.3 Å². The van der Waals surface area contributed by atoms with E-state index in [1.165, 1.54) is 12.1 Å². The number of hydrogen-bond acceptors (Lipinski definition) is 5. The highest BCUT2D eigenvalue weighted by Gasteiger charge is 2.45. The van der Waals surface area contributed by atoms with E-state index in [4.69, 9.17) is 0 Å². The molecule has 0 amide bonds. The molecule has 2 aromatic carbocycles. The lowest BCUT2D eigenvalue weighted by Crippen LogP contribution is -2.28. The van der Waals surface area contributed by atoms with Crippen LogP contribution in [0.15, 0.2) is 82.3 Å². The molecule has 2 aliphatic rings. The third-order valence-electron chi connectivity index (χ3n) is 8.60. The molecule has 0 saturated heterocycles. The second kappa shape index (κ2) is 12.1. The highest BCUT2D eigenvalue weighted by Crippen LogP contribution is 2.48. The van der Waals surface area contributed by atoms with E-state index in [9.17, 15) is 25.9 Å². The van der Waals surface area contributed by atoms with Gasteiger partial charge in [-0.2, -0.15) is 21.4 Å². The maximum Gasteiger partial charge on any atom is 0.294 e. The molecule has 0 radical (unpaired) electrons. The highest BCUT2D eigenvalue weighted by molar-refractivity contribution is 7.86. The molecule has 0 unspecified atom stereocenters. The molecule has 232 valence electrons. The van der Waals surface area contributed by atoms with Gasteiger partial charge in [0.1, 0.15) is 6.54 Å². The monoisotopic (exact) mass is 627 g/mol. The first-order chi connectivity index (χ1) is 20.0. The molecular formula is C33H43N2O6S2+. The zero-order chi connectivity index (χ0) is 31.8. The highest BCUT2D eigenvalue weighted by atomic mass is 32.2. The van der Waals surface area contributed by atoms with Crippen molar-refractivity contribution in [3.05, 3.63) is 83.6 Å². The van der Waals surface area contributed by atoms with Gasteiger partial charge in [-0.15, -0.1) is 0 Å². The van der Waals surface area contributed by atoms with E-state index >= 15 is 0 Å². The zero-order valence-corrected chi connectivity index (χ0v) is 27.5. The SMILES string of the molecule is CCCCCC[N+]1=C(/C=C/C=C/C=C2/N(CC)c3ccc(S(=O)(=O)O)cc3C2(C)C)C(C)(C)c2cc(S(=O)(=O)O)ccc21. The lowest BCUT2D eigenvalue weighted by Gasteiger charge is -2.25. The molecule has 0 bridgehead atoms. The molecule has 0 aliphatic carbocycles. The fourth-order valence-corrected chi connectivity index (χ4v) is 7.28. The van der Waals surface area contributed by atoms with Gasteiger partial charge in [0.25, 0.3) is 20.2 Å². The Hall–Kier alpha value is -3.05. The van der Waals surface area contributed by atoms with E-state index in [1.807, 2.05) is 45.1 Å². The average molecular weight is 628 g/mol. The van der Waals surface area contributed by atoms with Crippen LogP contribution < -0.4 is 4.90 Å². The molecule has 0 fully saturated rings. The van der Waals surface area contributed by atoms with Crippen LogP contribution in [0.4, 0.5) is 11.4 Å². The summed E-state index contributed by atoms with van der Waals surface area (Å²) in [5, 5.41) is 0. The average Bonchev–Trinajstić information content (AvgIpc) is 3.27. The minimum absolute atomic E-state index is 0.105. The van der Waals surface area contributed by atoms with Crippen LogP contribution in [0.25, 0.3) is 0 Å². The number of unbranched alkanes of at least 4 members (excludes halogenated alkanes) is 3. The number of fused-ring (bicyclic) bond motifs is 2. The van der Waals surface area contributed by atoms with Crippen molar-refractivity contribution in [3.8, 4) is 0 Å². The van der Waals surface area contributed by atoms with E-state index in [0.29, 0.717) is 6.54 Å². The summed E-state index contributed by atoms with van der Waals surface area (Å²) in [6, 6.07) is 9.55. The Morgan fingerprint density at radius 1 is 0.791 bits per heavy atom. The molecule has 8 nitrogen and oxygen atoms in total. The van der Waals surface area contributed by atoms with Gasteiger partial charge < -0.3 is 4.90 Å². The van der Waals surface area contributed by atoms with E-state index in [0.717, 1.165) is 66.1 Å². The minimum Gasteiger partial charge on any atom is -0.344 e. The minimum atomic E-state index is -4.32. The molecule has 4 rings (SSSR count). The number of allylic oxidation sites excluding steroid dienone is 6. The van der Waals surface area contributed by atoms with Gasteiger partial charge in [-0.1, -0.05) is 51.8 Å². The number of rotatable bonds is 11. The molecule has 2 N–H and O–H groups in total. The van der Waals surface area contributed by atoms with E-state index in [-0.39, 0.29) is 9.79 Å². The molecular weight excluding hydrogens is 585 g/mol. The topological polar surface area (TPSA) is 115 Å². The van der Waals surface area contributed by atoms with Crippen LogP contribution in [0.5, 0.6) is 0 Å². The first-order valence-corrected chi connectivity index (χ1v) is 17.6. The Morgan fingerprint density at radius 3 is 2.02 bits per heavy atom. The Kier molecular flexibility index (Phi) is 9.28. The predicted octanol–water partition coefficient (Wildman–Crippen LogP) is 6.95. The Labute approximate surface area is 256 Å². The standard InChI is InChI=1S/C33H42N2O6S2/c1-7-9-10-14-21-35-29-20-18-25(43(39,40)41)23-27(29)33(5,6)31(35)16-13-11-12-15-30-32(3,4)26-22-24(42(36,37)38)17-19-28(26)34(30)8-2/h11-13,15-20,22-23H,7-10,14,21H2,1-6H3,(H-,36,37,38,39,40,41)/p+1. The Morgan fingerprint density at radius 2 is 1.42 bits per heavy atom. The van der Waals surface area contributed by atoms with E-state index < -0.39 is 31.1 Å². The van der Waals surface area contributed by atoms with Gasteiger partial charge in [-0.25, -0.2) is 0 Å². The number of hydrogen-bond donors (Lipinski definition) is 2. The van der Waals surface area contributed by atoms with Crippen LogP contribution in [-0.2, 0) is 31.1 Å². The maximum atomic E-state index is 11.9. The summed E-state index contributed by atoms with van der Waals surface area (Å²) in [6.07, 6.45) is 14.4. The lowest BCUT2D eigenvalue weighted by atomic mass is 9.81. The molecule has 2 aliphatic heterocycles. The van der Waals surface area contributed by atoms with Gasteiger partial charge in [-0.3, -0.25) is 9.11 Å². The van der Waals surface area contributed by atoms with Crippen LogP contribution in [0.1, 0.15) is 78.4 Å². The van der Waals surface area contributed by atoms with Gasteiger partial charge in [-0.05, 0) is 69.2 Å². The van der Waals surface area contributed by atoms with Crippen LogP contribution in [0.2, 0.25) is 0 Å². The number of nitrogens with zero attached hydrogens (tertiary/aromatic N) is 2. The van der Waals surface area contributed by atoms with Crippen molar-refractivity contribution in [3.63, 3.8) is 0 Å². The summed E-state index contributed by atoms with van der Waals surface area (Å²) >= 11 is 0. The summed E-state index contributed by atoms with van der Waals surface area (Å²) in [6.45, 7) is 13.9. The third-order valence-corrected chi connectivity index (χ3v) is 10.3. The fourth-order valence-electron chi connectivity index (χ4n) is 6.27. The predicted molar refractivity (Wildman–Crippen MR) is 172 cm³/mol. The first kappa shape index (κ1) is 32.9. The second-order valence-corrected chi connectivity index (χ2v) is 15.0. The smallest absolute Gasteiger partial charge is 0.294 e. The van der Waals surface area contributed by atoms with Gasteiger partial charge in [0.2, 0.25) is 5.69 Å². The lowest BCUT2D eigenvalue weighted by molar-refractivity contribution is -0.438. The van der Waals surface area contributed by atoms with Crippen LogP contribution >= 0.6 is 0 Å². The van der Waals surface area contributed by atoms with Gasteiger partial charge in [0.05, 0.1) is 15.2 Å². The normalized spacial score (nSPS) is 18.8. The molecule has 2 aromatic rings. The van der Waals surface area contributed by atoms with Crippen LogP contribution in [0.3, 0.4) is 0 Å². The van der Waals surface area contributed by atoms with E-state index in [1.54, 1.807) is 24.3 Å². The van der Waals surface area contributed by atoms with Crippen molar-refractivity contribution in [1.82, 2.24) is 0 Å². The second-order valence-electron chi connectivity index (χ2n) is 12.2. The summed E-state index contributed by atoms with van der Waals surface area (Å²) in [7, 11) is -8.63. The van der Waals surface area contributed by atoms with Crippen molar-refractivity contribution in [1.29, 1.82) is 0 Å². The molecule has 0 aromatic heterocycles. The summed E-state index contributed by atoms with van der Waals surface area (Å²) in [5.41, 5.74) is 4.66. The number of anilines is 1. The Balaban J connectivity index is 1.66. The molecule has 0 saturated carbocycles. The third kappa shape index (κ3) is 6.43. The van der Waals surface area contributed by atoms with E-state index in [2.05, 4.69) is 36.3 Å². The quantitative estimate of drug-likeness (QED) is 0.120. The van der Waals surface area contributed by atoms with Crippen molar-refractivity contribution >= 4 is 37.3 Å². The van der Waals surface area contributed by atoms with Gasteiger partial charge in [0, 0.05) is 47.5 Å². The summed E-state index contributed by atoms with van der Waals surface area (Å²) < 4.78 is 68.9. The van der Waals surface area contributed by atoms with Crippen molar-refractivity contribution in [2.75, 3.05) is 18.0 Å². The molecule has 10 heteroatoms. The number of benzene rings is 2. The largest absolute Gasteiger partial charge is 0.344 e. The van der Waals surface area contributed by atoms with Gasteiger partial charge >= 0.3 is 0 Å². The maximum absolute atomic E-state index is 11.9. The molecule has 0 spiro atoms.